The maximum Gasteiger partial charge on any atom is 0.254 e. The fourth-order valence-electron chi connectivity index (χ4n) is 2.41. The third-order valence-electron chi connectivity index (χ3n) is 3.80. The van der Waals surface area contributed by atoms with Crippen LogP contribution in [0.3, 0.4) is 0 Å². The van der Waals surface area contributed by atoms with Crippen molar-refractivity contribution in [1.29, 1.82) is 0 Å². The molecular weight excluding hydrogens is 357 g/mol. The van der Waals surface area contributed by atoms with Crippen LogP contribution in [0.1, 0.15) is 28.8 Å². The fraction of sp³-hybridized carbons (Fsp3) is 0.158. The molecule has 0 atom stereocenters. The van der Waals surface area contributed by atoms with Gasteiger partial charge in [-0.05, 0) is 36.3 Å². The number of nitrogens with two attached hydrogens (primary N) is 1. The van der Waals surface area contributed by atoms with Gasteiger partial charge in [-0.3, -0.25) is 4.79 Å². The highest BCUT2D eigenvalue weighted by molar-refractivity contribution is 6.32. The molecule has 1 heterocycles. The number of hydrogen-bond acceptors (Lipinski definition) is 4. The Kier molecular flexibility index (Phi) is 5.53. The smallest absolute Gasteiger partial charge is 0.254 e. The molecule has 1 aliphatic carbocycles. The third kappa shape index (κ3) is 4.40. The topological polar surface area (TPSA) is 77.2 Å². The zero-order valence-electron chi connectivity index (χ0n) is 13.8. The zero-order valence-corrected chi connectivity index (χ0v) is 14.6. The quantitative estimate of drug-likeness (QED) is 0.776. The summed E-state index contributed by atoms with van der Waals surface area (Å²) >= 11 is 5.85. The minimum Gasteiger partial charge on any atom is -0.462 e. The minimum absolute atomic E-state index is 0.0596. The average molecular weight is 374 g/mol. The molecule has 1 amide bonds. The van der Waals surface area contributed by atoms with Gasteiger partial charge in [0.15, 0.2) is 11.6 Å². The molecule has 3 N–H and O–H groups in total. The first-order valence-corrected chi connectivity index (χ1v) is 8.43. The number of aromatic nitrogens is 1. The number of carbonyl (C=O) groups is 1. The van der Waals surface area contributed by atoms with Crippen molar-refractivity contribution in [1.82, 2.24) is 10.3 Å². The average Bonchev–Trinajstić information content (AvgIpc) is 2.65. The lowest BCUT2D eigenvalue weighted by Crippen LogP contribution is -2.23. The van der Waals surface area contributed by atoms with E-state index in [1.807, 2.05) is 36.4 Å². The van der Waals surface area contributed by atoms with Crippen molar-refractivity contribution in [2.24, 2.45) is 0 Å². The van der Waals surface area contributed by atoms with E-state index in [2.05, 4.69) is 16.4 Å². The van der Waals surface area contributed by atoms with Crippen molar-refractivity contribution < 1.29 is 13.9 Å². The summed E-state index contributed by atoms with van der Waals surface area (Å²) < 4.78 is 19.3. The SMILES string of the molecule is Nc1nc(Cl)c(C(=O)NCc2ccc(OC3=CC=CCC3)cc2)cc1F. The Balaban J connectivity index is 1.59. The first-order chi connectivity index (χ1) is 12.5. The maximum atomic E-state index is 13.5. The van der Waals surface area contributed by atoms with Crippen molar-refractivity contribution >= 4 is 23.3 Å². The summed E-state index contributed by atoms with van der Waals surface area (Å²) in [5, 5.41) is 2.53. The predicted molar refractivity (Wildman–Crippen MR) is 98.3 cm³/mol. The Morgan fingerprint density at radius 1 is 1.35 bits per heavy atom. The monoisotopic (exact) mass is 373 g/mol. The van der Waals surface area contributed by atoms with Crippen LogP contribution in [-0.2, 0) is 6.54 Å². The molecule has 0 bridgehead atoms. The normalized spacial score (nSPS) is 13.2. The van der Waals surface area contributed by atoms with Crippen LogP contribution in [0.2, 0.25) is 5.15 Å². The summed E-state index contributed by atoms with van der Waals surface area (Å²) in [4.78, 5) is 15.7. The number of pyridine rings is 1. The van der Waals surface area contributed by atoms with Gasteiger partial charge in [-0.25, -0.2) is 9.37 Å². The van der Waals surface area contributed by atoms with E-state index >= 15 is 0 Å². The van der Waals surface area contributed by atoms with Crippen LogP contribution in [0.5, 0.6) is 5.75 Å². The Labute approximate surface area is 155 Å². The summed E-state index contributed by atoms with van der Waals surface area (Å²) in [6.07, 6.45) is 7.86. The van der Waals surface area contributed by atoms with Gasteiger partial charge in [-0.1, -0.05) is 35.9 Å². The molecule has 5 nitrogen and oxygen atoms in total. The number of nitrogen functional groups attached to an aromatic ring is 1. The minimum atomic E-state index is -0.784. The predicted octanol–water partition coefficient (Wildman–Crippen LogP) is 4.00. The first kappa shape index (κ1) is 17.9. The molecule has 7 heteroatoms. The fourth-order valence-corrected chi connectivity index (χ4v) is 2.64. The van der Waals surface area contributed by atoms with E-state index in [4.69, 9.17) is 22.1 Å². The molecule has 1 aromatic carbocycles. The van der Waals surface area contributed by atoms with Crippen LogP contribution in [0.4, 0.5) is 10.2 Å². The number of hydrogen-bond donors (Lipinski definition) is 2. The molecule has 1 aliphatic rings. The van der Waals surface area contributed by atoms with Gasteiger partial charge >= 0.3 is 0 Å². The standard InChI is InChI=1S/C19H17ClFN3O2/c20-17-15(10-16(21)18(22)24-17)19(25)23-11-12-6-8-14(9-7-12)26-13-4-2-1-3-5-13/h1-2,4,6-10H,3,5,11H2,(H2,22,24)(H,23,25). The van der Waals surface area contributed by atoms with Gasteiger partial charge in [-0.2, -0.15) is 0 Å². The molecule has 0 saturated heterocycles. The second-order valence-corrected chi connectivity index (χ2v) is 6.08. The molecule has 0 saturated carbocycles. The van der Waals surface area contributed by atoms with Gasteiger partial charge in [0.1, 0.15) is 16.7 Å². The van der Waals surface area contributed by atoms with Gasteiger partial charge < -0.3 is 15.8 Å². The molecule has 134 valence electrons. The highest BCUT2D eigenvalue weighted by Gasteiger charge is 2.15. The van der Waals surface area contributed by atoms with Gasteiger partial charge in [0.2, 0.25) is 0 Å². The van der Waals surface area contributed by atoms with Crippen LogP contribution >= 0.6 is 11.6 Å². The second kappa shape index (κ2) is 8.01. The van der Waals surface area contributed by atoms with E-state index in [9.17, 15) is 9.18 Å². The zero-order chi connectivity index (χ0) is 18.5. The molecule has 0 radical (unpaired) electrons. The third-order valence-corrected chi connectivity index (χ3v) is 4.09. The van der Waals surface area contributed by atoms with Crippen LogP contribution < -0.4 is 15.8 Å². The Morgan fingerprint density at radius 3 is 2.81 bits per heavy atom. The number of halogens is 2. The lowest BCUT2D eigenvalue weighted by atomic mass is 10.1. The molecule has 0 spiro atoms. The number of amides is 1. The van der Waals surface area contributed by atoms with Gasteiger partial charge in [-0.15, -0.1) is 0 Å². The highest BCUT2D eigenvalue weighted by Crippen LogP contribution is 2.21. The number of benzene rings is 1. The van der Waals surface area contributed by atoms with Crippen molar-refractivity contribution in [3.05, 3.63) is 76.4 Å². The molecular formula is C19H17ClFN3O2. The number of nitrogens with zero attached hydrogens (tertiary/aromatic N) is 1. The molecule has 1 aromatic heterocycles. The highest BCUT2D eigenvalue weighted by atomic mass is 35.5. The number of anilines is 1. The molecule has 0 unspecified atom stereocenters. The van der Waals surface area contributed by atoms with Crippen LogP contribution in [0, 0.1) is 5.82 Å². The van der Waals surface area contributed by atoms with Gasteiger partial charge in [0.05, 0.1) is 5.56 Å². The van der Waals surface area contributed by atoms with E-state index in [0.29, 0.717) is 0 Å². The van der Waals surface area contributed by atoms with Crippen molar-refractivity contribution in [2.45, 2.75) is 19.4 Å². The maximum absolute atomic E-state index is 13.5. The Bertz CT molecular complexity index is 879. The summed E-state index contributed by atoms with van der Waals surface area (Å²) in [7, 11) is 0. The van der Waals surface area contributed by atoms with E-state index in [-0.39, 0.29) is 23.1 Å². The summed E-state index contributed by atoms with van der Waals surface area (Å²) in [5.74, 6) is -0.00459. The summed E-state index contributed by atoms with van der Waals surface area (Å²) in [6.45, 7) is 0.257. The molecule has 26 heavy (non-hydrogen) atoms. The molecule has 2 aromatic rings. The van der Waals surface area contributed by atoms with E-state index < -0.39 is 11.7 Å². The first-order valence-electron chi connectivity index (χ1n) is 8.05. The Hall–Kier alpha value is -2.86. The van der Waals surface area contributed by atoms with E-state index in [1.54, 1.807) is 0 Å². The van der Waals surface area contributed by atoms with Gasteiger partial charge in [0, 0.05) is 13.0 Å². The van der Waals surface area contributed by atoms with E-state index in [1.165, 1.54) is 0 Å². The summed E-state index contributed by atoms with van der Waals surface area (Å²) in [6, 6.07) is 8.33. The summed E-state index contributed by atoms with van der Waals surface area (Å²) in [5.41, 5.74) is 6.12. The number of ether oxygens (including phenoxy) is 1. The number of rotatable bonds is 5. The largest absolute Gasteiger partial charge is 0.462 e. The van der Waals surface area contributed by atoms with Crippen LogP contribution in [-0.4, -0.2) is 10.9 Å². The number of allylic oxidation sites excluding steroid dienone is 4. The van der Waals surface area contributed by atoms with Gasteiger partial charge in [0.25, 0.3) is 5.91 Å². The molecule has 0 fully saturated rings. The Morgan fingerprint density at radius 2 is 2.12 bits per heavy atom. The van der Waals surface area contributed by atoms with Crippen molar-refractivity contribution in [3.63, 3.8) is 0 Å². The molecule has 3 rings (SSSR count). The lowest BCUT2D eigenvalue weighted by Gasteiger charge is -2.12. The van der Waals surface area contributed by atoms with E-state index in [0.717, 1.165) is 36.0 Å². The van der Waals surface area contributed by atoms with Crippen molar-refractivity contribution in [3.8, 4) is 5.75 Å². The van der Waals surface area contributed by atoms with Crippen molar-refractivity contribution in [2.75, 3.05) is 5.73 Å². The number of carbonyl (C=O) groups excluding carboxylic acids is 1. The number of nitrogens with one attached hydrogen (secondary N) is 1. The molecule has 0 aliphatic heterocycles. The van der Waals surface area contributed by atoms with Crippen LogP contribution in [0.25, 0.3) is 0 Å². The lowest BCUT2D eigenvalue weighted by molar-refractivity contribution is 0.0950. The van der Waals surface area contributed by atoms with Crippen LogP contribution in [0.15, 0.2) is 54.3 Å². The second-order valence-electron chi connectivity index (χ2n) is 5.72.